The molecule has 0 saturated carbocycles. The number of carbonyl (C=O) groups excluding carboxylic acids is 1. The number of rotatable bonds is 4. The molecule has 0 unspecified atom stereocenters. The molecular weight excluding hydrogens is 284 g/mol. The van der Waals surface area contributed by atoms with Crippen molar-refractivity contribution >= 4 is 21.7 Å². The molecule has 4 nitrogen and oxygen atoms in total. The maximum absolute atomic E-state index is 11.8. The molecule has 0 aliphatic carbocycles. The minimum absolute atomic E-state index is 0.0543. The molecule has 5 heteroatoms. The van der Waals surface area contributed by atoms with E-state index in [1.807, 2.05) is 18.2 Å². The Morgan fingerprint density at radius 2 is 1.88 bits per heavy atom. The van der Waals surface area contributed by atoms with Crippen LogP contribution in [0, 0.1) is 0 Å². The zero-order chi connectivity index (χ0) is 12.1. The molecule has 86 valence electrons. The van der Waals surface area contributed by atoms with Crippen molar-refractivity contribution in [3.8, 4) is 5.75 Å². The van der Waals surface area contributed by atoms with Gasteiger partial charge in [0, 0.05) is 12.4 Å². The fourth-order valence-corrected chi connectivity index (χ4v) is 1.68. The van der Waals surface area contributed by atoms with Gasteiger partial charge >= 0.3 is 0 Å². The minimum Gasteiger partial charge on any atom is -0.485 e. The number of para-hydroxylation sites is 1. The van der Waals surface area contributed by atoms with Gasteiger partial charge in [0.15, 0.2) is 6.61 Å². The van der Waals surface area contributed by atoms with E-state index in [1.54, 1.807) is 12.1 Å². The lowest BCUT2D eigenvalue weighted by Gasteiger charge is -2.05. The third kappa shape index (κ3) is 3.10. The molecule has 17 heavy (non-hydrogen) atoms. The second kappa shape index (κ2) is 5.54. The van der Waals surface area contributed by atoms with Crippen LogP contribution in [0.2, 0.25) is 0 Å². The first-order valence-electron chi connectivity index (χ1n) is 4.95. The molecule has 0 amide bonds. The van der Waals surface area contributed by atoms with Crippen LogP contribution < -0.4 is 4.74 Å². The number of nitrogens with zero attached hydrogens (tertiary/aromatic N) is 2. The molecule has 0 saturated heterocycles. The fraction of sp³-hybridized carbons (Fsp3) is 0.0833. The van der Waals surface area contributed by atoms with Crippen LogP contribution in [0.5, 0.6) is 5.75 Å². The first-order valence-corrected chi connectivity index (χ1v) is 5.74. The number of benzene rings is 1. The summed E-state index contributed by atoms with van der Waals surface area (Å²) in [6.07, 6.45) is 2.99. The van der Waals surface area contributed by atoms with Gasteiger partial charge in [-0.3, -0.25) is 4.79 Å². The van der Waals surface area contributed by atoms with Gasteiger partial charge in [0.1, 0.15) is 16.0 Å². The second-order valence-corrected chi connectivity index (χ2v) is 3.97. The van der Waals surface area contributed by atoms with Crippen LogP contribution in [0.25, 0.3) is 0 Å². The average molecular weight is 293 g/mol. The van der Waals surface area contributed by atoms with E-state index in [0.29, 0.717) is 10.4 Å². The van der Waals surface area contributed by atoms with Crippen molar-refractivity contribution in [3.05, 3.63) is 53.0 Å². The monoisotopic (exact) mass is 292 g/mol. The number of ketones is 1. The van der Waals surface area contributed by atoms with Crippen LogP contribution in [0.4, 0.5) is 0 Å². The summed E-state index contributed by atoms with van der Waals surface area (Å²) in [4.78, 5) is 19.7. The van der Waals surface area contributed by atoms with Crippen LogP contribution in [0.15, 0.2) is 47.3 Å². The molecule has 0 aliphatic heterocycles. The zero-order valence-corrected chi connectivity index (χ0v) is 10.4. The van der Waals surface area contributed by atoms with Crippen LogP contribution >= 0.6 is 15.9 Å². The van der Waals surface area contributed by atoms with E-state index in [-0.39, 0.29) is 18.1 Å². The summed E-state index contributed by atoms with van der Waals surface area (Å²) in [5, 5.41) is 0. The van der Waals surface area contributed by atoms with Crippen molar-refractivity contribution in [2.24, 2.45) is 0 Å². The summed E-state index contributed by atoms with van der Waals surface area (Å²) in [5.74, 6) is 0.440. The molecule has 2 aromatic rings. The Labute approximate surface area is 107 Å². The predicted octanol–water partition coefficient (Wildman–Crippen LogP) is 2.50. The lowest BCUT2D eigenvalue weighted by molar-refractivity contribution is 0.0915. The van der Waals surface area contributed by atoms with Crippen LogP contribution in [-0.2, 0) is 0 Å². The molecule has 0 aliphatic rings. The Morgan fingerprint density at radius 1 is 1.18 bits per heavy atom. The number of Topliss-reactive ketones (excluding diaryl/α,β-unsaturated/α-hetero) is 1. The van der Waals surface area contributed by atoms with E-state index in [1.165, 1.54) is 12.4 Å². The van der Waals surface area contributed by atoms with E-state index >= 15 is 0 Å². The maximum Gasteiger partial charge on any atom is 0.221 e. The molecule has 2 rings (SSSR count). The van der Waals surface area contributed by atoms with Crippen molar-refractivity contribution in [1.82, 2.24) is 9.97 Å². The fourth-order valence-electron chi connectivity index (χ4n) is 1.24. The molecule has 0 atom stereocenters. The summed E-state index contributed by atoms with van der Waals surface area (Å²) >= 11 is 3.17. The van der Waals surface area contributed by atoms with Crippen molar-refractivity contribution in [2.75, 3.05) is 6.61 Å². The zero-order valence-electron chi connectivity index (χ0n) is 8.84. The van der Waals surface area contributed by atoms with Gasteiger partial charge in [-0.15, -0.1) is 0 Å². The van der Waals surface area contributed by atoms with Gasteiger partial charge in [-0.25, -0.2) is 9.97 Å². The highest BCUT2D eigenvalue weighted by molar-refractivity contribution is 9.10. The Morgan fingerprint density at radius 3 is 2.59 bits per heavy atom. The number of halogens is 1. The lowest BCUT2D eigenvalue weighted by atomic mass is 10.3. The Bertz CT molecular complexity index is 517. The van der Waals surface area contributed by atoms with E-state index in [2.05, 4.69) is 25.9 Å². The largest absolute Gasteiger partial charge is 0.485 e. The molecule has 0 fully saturated rings. The van der Waals surface area contributed by atoms with Crippen molar-refractivity contribution in [3.63, 3.8) is 0 Å². The highest BCUT2D eigenvalue weighted by Gasteiger charge is 2.12. The lowest BCUT2D eigenvalue weighted by Crippen LogP contribution is -2.14. The van der Waals surface area contributed by atoms with E-state index in [9.17, 15) is 4.79 Å². The summed E-state index contributed by atoms with van der Waals surface area (Å²) in [6, 6.07) is 9.15. The quantitative estimate of drug-likeness (QED) is 0.813. The maximum atomic E-state index is 11.8. The number of aromatic nitrogens is 2. The van der Waals surface area contributed by atoms with E-state index in [4.69, 9.17) is 4.74 Å². The van der Waals surface area contributed by atoms with Crippen molar-refractivity contribution in [1.29, 1.82) is 0 Å². The SMILES string of the molecule is O=C(COc1ccccc1)c1nccnc1Br. The summed E-state index contributed by atoms with van der Waals surface area (Å²) < 4.78 is 5.77. The van der Waals surface area contributed by atoms with Gasteiger partial charge in [0.05, 0.1) is 0 Å². The molecule has 0 radical (unpaired) electrons. The first kappa shape index (κ1) is 11.7. The van der Waals surface area contributed by atoms with Crippen molar-refractivity contribution in [2.45, 2.75) is 0 Å². The molecule has 0 bridgehead atoms. The normalized spacial score (nSPS) is 9.94. The number of carbonyl (C=O) groups is 1. The minimum atomic E-state index is -0.214. The molecule has 0 N–H and O–H groups in total. The number of hydrogen-bond donors (Lipinski definition) is 0. The summed E-state index contributed by atoms with van der Waals surface area (Å²) in [6.45, 7) is -0.0543. The second-order valence-electron chi connectivity index (χ2n) is 3.22. The van der Waals surface area contributed by atoms with Gasteiger partial charge < -0.3 is 4.74 Å². The Hall–Kier alpha value is -1.75. The summed E-state index contributed by atoms with van der Waals surface area (Å²) in [5.41, 5.74) is 0.281. The standard InChI is InChI=1S/C12H9BrN2O2/c13-12-11(14-6-7-15-12)10(16)8-17-9-4-2-1-3-5-9/h1-7H,8H2. The molecule has 1 aromatic heterocycles. The molecule has 0 spiro atoms. The van der Waals surface area contributed by atoms with Gasteiger partial charge in [-0.2, -0.15) is 0 Å². The summed E-state index contributed by atoms with van der Waals surface area (Å²) in [7, 11) is 0. The van der Waals surface area contributed by atoms with Gasteiger partial charge in [0.25, 0.3) is 0 Å². The molecule has 1 heterocycles. The number of ether oxygens (including phenoxy) is 1. The third-order valence-electron chi connectivity index (χ3n) is 2.03. The Balaban J connectivity index is 2.01. The highest BCUT2D eigenvalue weighted by Crippen LogP contribution is 2.12. The van der Waals surface area contributed by atoms with Crippen LogP contribution in [0.1, 0.15) is 10.5 Å². The van der Waals surface area contributed by atoms with Crippen molar-refractivity contribution < 1.29 is 9.53 Å². The molecule has 1 aromatic carbocycles. The first-order chi connectivity index (χ1) is 8.27. The Kier molecular flexibility index (Phi) is 3.82. The highest BCUT2D eigenvalue weighted by atomic mass is 79.9. The predicted molar refractivity (Wildman–Crippen MR) is 66.0 cm³/mol. The molecular formula is C12H9BrN2O2. The van der Waals surface area contributed by atoms with Gasteiger partial charge in [-0.05, 0) is 28.1 Å². The third-order valence-corrected chi connectivity index (χ3v) is 2.61. The number of hydrogen-bond acceptors (Lipinski definition) is 4. The van der Waals surface area contributed by atoms with E-state index < -0.39 is 0 Å². The van der Waals surface area contributed by atoms with Crippen LogP contribution in [-0.4, -0.2) is 22.4 Å². The van der Waals surface area contributed by atoms with E-state index in [0.717, 1.165) is 0 Å². The smallest absolute Gasteiger partial charge is 0.221 e. The van der Waals surface area contributed by atoms with Gasteiger partial charge in [0.2, 0.25) is 5.78 Å². The topological polar surface area (TPSA) is 52.1 Å². The van der Waals surface area contributed by atoms with Crippen LogP contribution in [0.3, 0.4) is 0 Å². The van der Waals surface area contributed by atoms with Gasteiger partial charge in [-0.1, -0.05) is 18.2 Å². The average Bonchev–Trinajstić information content (AvgIpc) is 2.38.